The third-order valence-corrected chi connectivity index (χ3v) is 4.28. The minimum Gasteiger partial charge on any atom is -0.381 e. The summed E-state index contributed by atoms with van der Waals surface area (Å²) in [6.07, 6.45) is 4.03. The number of nitrogens with zero attached hydrogens (tertiary/aromatic N) is 2. The minimum atomic E-state index is -0.362. The van der Waals surface area contributed by atoms with Crippen LogP contribution in [0.25, 0.3) is 33.5 Å². The van der Waals surface area contributed by atoms with Crippen molar-refractivity contribution in [2.45, 2.75) is 26.3 Å². The van der Waals surface area contributed by atoms with E-state index < -0.39 is 0 Å². The van der Waals surface area contributed by atoms with Crippen LogP contribution in [0.4, 0.5) is 10.1 Å². The maximum atomic E-state index is 13.5. The van der Waals surface area contributed by atoms with Crippen molar-refractivity contribution in [2.24, 2.45) is 0 Å². The molecule has 3 heterocycles. The van der Waals surface area contributed by atoms with Gasteiger partial charge in [0.2, 0.25) is 0 Å². The number of aromatic nitrogens is 4. The Labute approximate surface area is 138 Å². The lowest BCUT2D eigenvalue weighted by Crippen LogP contribution is -2.13. The highest BCUT2D eigenvalue weighted by Crippen LogP contribution is 2.30. The van der Waals surface area contributed by atoms with E-state index in [2.05, 4.69) is 34.1 Å². The molecule has 0 saturated heterocycles. The molecule has 0 amide bonds. The summed E-state index contributed by atoms with van der Waals surface area (Å²) in [7, 11) is 0. The second-order valence-electron chi connectivity index (χ2n) is 5.99. The molecule has 0 radical (unpaired) electrons. The number of anilines is 1. The first-order valence-corrected chi connectivity index (χ1v) is 8.04. The van der Waals surface area contributed by atoms with Crippen LogP contribution in [0.5, 0.6) is 0 Å². The number of nitrogens with one attached hydrogen (secondary N) is 3. The summed E-state index contributed by atoms with van der Waals surface area (Å²) >= 11 is 0. The van der Waals surface area contributed by atoms with E-state index in [1.165, 1.54) is 12.3 Å². The molecule has 0 aliphatic heterocycles. The number of rotatable bonds is 4. The highest BCUT2D eigenvalue weighted by molar-refractivity contribution is 5.96. The maximum Gasteiger partial charge on any atom is 0.142 e. The standard InChI is InChI=1S/C18H18FN5/c1-3-10(2)22-14-5-4-6-15-16(14)24-18(23-15)13-9-21-17-12(13)7-11(19)8-20-17/h4-10,22H,3H2,1-2H3,(H,20,21)(H,23,24)/t10-/m0/s1. The predicted octanol–water partition coefficient (Wildman–Crippen LogP) is 4.46. The summed E-state index contributed by atoms with van der Waals surface area (Å²) in [5, 5.41) is 4.19. The largest absolute Gasteiger partial charge is 0.381 e. The molecule has 5 nitrogen and oxygen atoms in total. The van der Waals surface area contributed by atoms with Crippen LogP contribution in [0.15, 0.2) is 36.7 Å². The Morgan fingerprint density at radius 3 is 3.04 bits per heavy atom. The average molecular weight is 323 g/mol. The molecule has 0 fully saturated rings. The van der Waals surface area contributed by atoms with E-state index >= 15 is 0 Å². The molecular weight excluding hydrogens is 305 g/mol. The quantitative estimate of drug-likeness (QED) is 0.519. The molecule has 0 bridgehead atoms. The third-order valence-electron chi connectivity index (χ3n) is 4.28. The van der Waals surface area contributed by atoms with Gasteiger partial charge < -0.3 is 15.3 Å². The van der Waals surface area contributed by atoms with Crippen LogP contribution in [-0.4, -0.2) is 26.0 Å². The molecule has 1 aromatic carbocycles. The number of hydrogen-bond donors (Lipinski definition) is 3. The molecule has 4 rings (SSSR count). The maximum absolute atomic E-state index is 13.5. The van der Waals surface area contributed by atoms with Gasteiger partial charge in [-0.05, 0) is 31.5 Å². The van der Waals surface area contributed by atoms with Crippen LogP contribution in [0.2, 0.25) is 0 Å². The first-order chi connectivity index (χ1) is 11.7. The van der Waals surface area contributed by atoms with Gasteiger partial charge in [0.15, 0.2) is 0 Å². The number of imidazole rings is 1. The zero-order valence-corrected chi connectivity index (χ0v) is 13.5. The third kappa shape index (κ3) is 2.40. The van der Waals surface area contributed by atoms with Crippen LogP contribution in [0.3, 0.4) is 0 Å². The summed E-state index contributed by atoms with van der Waals surface area (Å²) in [5.74, 6) is 0.334. The molecule has 3 N–H and O–H groups in total. The highest BCUT2D eigenvalue weighted by atomic mass is 19.1. The highest BCUT2D eigenvalue weighted by Gasteiger charge is 2.14. The van der Waals surface area contributed by atoms with Crippen molar-refractivity contribution in [1.29, 1.82) is 0 Å². The smallest absolute Gasteiger partial charge is 0.142 e. The molecule has 0 aliphatic rings. The molecule has 0 spiro atoms. The van der Waals surface area contributed by atoms with Crippen molar-refractivity contribution >= 4 is 27.8 Å². The molecule has 122 valence electrons. The zero-order chi connectivity index (χ0) is 16.7. The van der Waals surface area contributed by atoms with Crippen molar-refractivity contribution in [3.05, 3.63) is 42.5 Å². The topological polar surface area (TPSA) is 69.4 Å². The number of aromatic amines is 2. The Hall–Kier alpha value is -2.89. The zero-order valence-electron chi connectivity index (χ0n) is 13.5. The Bertz CT molecular complexity index is 1020. The van der Waals surface area contributed by atoms with E-state index in [4.69, 9.17) is 4.98 Å². The van der Waals surface area contributed by atoms with Gasteiger partial charge in [0.1, 0.15) is 22.8 Å². The Kier molecular flexibility index (Phi) is 3.45. The summed E-state index contributed by atoms with van der Waals surface area (Å²) in [6, 6.07) is 7.84. The van der Waals surface area contributed by atoms with Gasteiger partial charge in [-0.1, -0.05) is 13.0 Å². The van der Waals surface area contributed by atoms with Gasteiger partial charge in [-0.25, -0.2) is 14.4 Å². The van der Waals surface area contributed by atoms with Gasteiger partial charge in [-0.3, -0.25) is 0 Å². The van der Waals surface area contributed by atoms with E-state index in [1.54, 1.807) is 6.20 Å². The van der Waals surface area contributed by atoms with Crippen LogP contribution in [0, 0.1) is 5.82 Å². The molecule has 1 atom stereocenters. The molecular formula is C18H18FN5. The van der Waals surface area contributed by atoms with E-state index in [9.17, 15) is 4.39 Å². The summed E-state index contributed by atoms with van der Waals surface area (Å²) in [6.45, 7) is 4.28. The van der Waals surface area contributed by atoms with Gasteiger partial charge in [-0.15, -0.1) is 0 Å². The monoisotopic (exact) mass is 323 g/mol. The molecule has 6 heteroatoms. The van der Waals surface area contributed by atoms with Gasteiger partial charge in [0.25, 0.3) is 0 Å². The number of hydrogen-bond acceptors (Lipinski definition) is 3. The van der Waals surface area contributed by atoms with Crippen molar-refractivity contribution in [3.8, 4) is 11.4 Å². The molecule has 24 heavy (non-hydrogen) atoms. The fourth-order valence-electron chi connectivity index (χ4n) is 2.82. The lowest BCUT2D eigenvalue weighted by Gasteiger charge is -2.12. The number of halogens is 1. The van der Waals surface area contributed by atoms with E-state index in [-0.39, 0.29) is 5.82 Å². The minimum absolute atomic E-state index is 0.362. The average Bonchev–Trinajstić information content (AvgIpc) is 3.18. The fourth-order valence-corrected chi connectivity index (χ4v) is 2.82. The van der Waals surface area contributed by atoms with Crippen molar-refractivity contribution < 1.29 is 4.39 Å². The second kappa shape index (κ2) is 5.63. The van der Waals surface area contributed by atoms with Crippen LogP contribution >= 0.6 is 0 Å². The Morgan fingerprint density at radius 1 is 1.33 bits per heavy atom. The number of H-pyrrole nitrogens is 2. The molecule has 4 aromatic rings. The van der Waals surface area contributed by atoms with Gasteiger partial charge >= 0.3 is 0 Å². The molecule has 3 aromatic heterocycles. The number of fused-ring (bicyclic) bond motifs is 2. The lowest BCUT2D eigenvalue weighted by molar-refractivity contribution is 0.624. The number of pyridine rings is 1. The summed E-state index contributed by atoms with van der Waals surface area (Å²) < 4.78 is 13.5. The SMILES string of the molecule is CC[C@H](C)Nc1cccc2[nH]c(-c3c[nH]c4ncc(F)cc34)nc12. The van der Waals surface area contributed by atoms with Gasteiger partial charge in [-0.2, -0.15) is 0 Å². The first kappa shape index (κ1) is 14.7. The van der Waals surface area contributed by atoms with Gasteiger partial charge in [0.05, 0.1) is 17.4 Å². The van der Waals surface area contributed by atoms with Crippen LogP contribution in [-0.2, 0) is 0 Å². The molecule has 0 saturated carbocycles. The van der Waals surface area contributed by atoms with E-state index in [0.717, 1.165) is 28.7 Å². The van der Waals surface area contributed by atoms with E-state index in [0.29, 0.717) is 22.9 Å². The number of para-hydroxylation sites is 1. The van der Waals surface area contributed by atoms with Crippen molar-refractivity contribution in [2.75, 3.05) is 5.32 Å². The Balaban J connectivity index is 1.85. The first-order valence-electron chi connectivity index (χ1n) is 8.04. The number of benzene rings is 1. The van der Waals surface area contributed by atoms with Crippen molar-refractivity contribution in [3.63, 3.8) is 0 Å². The van der Waals surface area contributed by atoms with E-state index in [1.807, 2.05) is 18.2 Å². The summed E-state index contributed by atoms with van der Waals surface area (Å²) in [4.78, 5) is 15.2. The van der Waals surface area contributed by atoms with Crippen LogP contribution in [0.1, 0.15) is 20.3 Å². The predicted molar refractivity (Wildman–Crippen MR) is 94.5 cm³/mol. The Morgan fingerprint density at radius 2 is 2.21 bits per heavy atom. The lowest BCUT2D eigenvalue weighted by atomic mass is 10.2. The van der Waals surface area contributed by atoms with Crippen molar-refractivity contribution in [1.82, 2.24) is 19.9 Å². The second-order valence-corrected chi connectivity index (χ2v) is 5.99. The van der Waals surface area contributed by atoms with Gasteiger partial charge in [0, 0.05) is 23.2 Å². The fraction of sp³-hybridized carbons (Fsp3) is 0.222. The summed E-state index contributed by atoms with van der Waals surface area (Å²) in [5.41, 5.74) is 4.27. The normalized spacial score (nSPS) is 12.8. The van der Waals surface area contributed by atoms with Crippen LogP contribution < -0.4 is 5.32 Å². The molecule has 0 aliphatic carbocycles. The molecule has 0 unspecified atom stereocenters.